The van der Waals surface area contributed by atoms with Crippen LogP contribution in [-0.2, 0) is 23.9 Å². The summed E-state index contributed by atoms with van der Waals surface area (Å²) >= 11 is 0. The van der Waals surface area contributed by atoms with Crippen molar-refractivity contribution in [3.8, 4) is 6.01 Å². The highest BCUT2D eigenvalue weighted by atomic mass is 19.4. The number of rotatable bonds is 3. The number of amides is 1. The van der Waals surface area contributed by atoms with Gasteiger partial charge in [-0.1, -0.05) is 0 Å². The van der Waals surface area contributed by atoms with Crippen molar-refractivity contribution in [3.63, 3.8) is 0 Å². The fourth-order valence-electron chi connectivity index (χ4n) is 4.66. The van der Waals surface area contributed by atoms with Crippen molar-refractivity contribution in [2.24, 2.45) is 0 Å². The van der Waals surface area contributed by atoms with E-state index in [0.717, 1.165) is 11.4 Å². The molecule has 1 amide bonds. The number of piperazine rings is 1. The number of ether oxygens (including phenoxy) is 1. The van der Waals surface area contributed by atoms with E-state index in [1.165, 1.54) is 13.2 Å². The zero-order valence-electron chi connectivity index (χ0n) is 18.3. The van der Waals surface area contributed by atoms with Crippen LogP contribution in [0.2, 0.25) is 0 Å². The minimum Gasteiger partial charge on any atom is -0.467 e. The number of anilines is 2. The number of hydrogen-bond acceptors (Lipinski definition) is 6. The van der Waals surface area contributed by atoms with Crippen LogP contribution in [0, 0.1) is 0 Å². The van der Waals surface area contributed by atoms with Crippen LogP contribution < -0.4 is 14.5 Å². The number of carbonyl (C=O) groups excluding carboxylic acids is 1. The van der Waals surface area contributed by atoms with Crippen molar-refractivity contribution in [1.29, 1.82) is 0 Å². The van der Waals surface area contributed by atoms with Gasteiger partial charge in [0.1, 0.15) is 0 Å². The summed E-state index contributed by atoms with van der Waals surface area (Å²) in [6.07, 6.45) is -0.892. The lowest BCUT2D eigenvalue weighted by molar-refractivity contribution is -0.138. The maximum atomic E-state index is 13.8. The summed E-state index contributed by atoms with van der Waals surface area (Å²) in [5.41, 5.74) is 1.97. The van der Waals surface area contributed by atoms with Crippen LogP contribution in [0.5, 0.6) is 6.01 Å². The van der Waals surface area contributed by atoms with E-state index >= 15 is 0 Å². The lowest BCUT2D eigenvalue weighted by Gasteiger charge is -2.43. The van der Waals surface area contributed by atoms with Crippen LogP contribution in [0.15, 0.2) is 24.5 Å². The lowest BCUT2D eigenvalue weighted by atomic mass is 9.91. The minimum atomic E-state index is -4.41. The quantitative estimate of drug-likeness (QED) is 0.718. The fraction of sp³-hybridized carbons (Fsp3) is 0.500. The highest BCUT2D eigenvalue weighted by Gasteiger charge is 2.37. The largest absolute Gasteiger partial charge is 0.467 e. The molecule has 2 aromatic rings. The van der Waals surface area contributed by atoms with Crippen LogP contribution in [0.3, 0.4) is 0 Å². The number of halogens is 3. The SMILES string of the molecule is COc1ncc(N2CCc3c(C(F)(F)F)ccc(N4CCN(C(C)=O)[C@H](C)C4)c3C2)cn1. The molecule has 0 spiro atoms. The standard InChI is InChI=1S/C22H26F3N5O2/c1-14-12-29(8-9-30(14)15(2)31)20-5-4-19(22(23,24)25)17-6-7-28(13-18(17)20)16-10-26-21(32-3)27-11-16/h4-5,10-11,14H,6-9,12-13H2,1-3H3/t14-/m1/s1. The highest BCUT2D eigenvalue weighted by molar-refractivity contribution is 5.74. The van der Waals surface area contributed by atoms with Crippen LogP contribution in [0.25, 0.3) is 0 Å². The summed E-state index contributed by atoms with van der Waals surface area (Å²) in [4.78, 5) is 26.0. The molecular formula is C22H26F3N5O2. The van der Waals surface area contributed by atoms with Gasteiger partial charge in [-0.25, -0.2) is 9.97 Å². The number of nitrogens with zero attached hydrogens (tertiary/aromatic N) is 5. The zero-order chi connectivity index (χ0) is 23.0. The van der Waals surface area contributed by atoms with E-state index in [9.17, 15) is 18.0 Å². The van der Waals surface area contributed by atoms with Gasteiger partial charge in [0.2, 0.25) is 5.91 Å². The van der Waals surface area contributed by atoms with Crippen molar-refractivity contribution in [2.45, 2.75) is 39.0 Å². The van der Waals surface area contributed by atoms with Gasteiger partial charge in [0.25, 0.3) is 0 Å². The topological polar surface area (TPSA) is 61.8 Å². The van der Waals surface area contributed by atoms with Crippen LogP contribution >= 0.6 is 0 Å². The predicted molar refractivity (Wildman–Crippen MR) is 114 cm³/mol. The molecule has 10 heteroatoms. The van der Waals surface area contributed by atoms with Gasteiger partial charge in [-0.15, -0.1) is 0 Å². The van der Waals surface area contributed by atoms with Crippen molar-refractivity contribution in [1.82, 2.24) is 14.9 Å². The molecule has 1 fully saturated rings. The Morgan fingerprint density at radius 2 is 1.81 bits per heavy atom. The summed E-state index contributed by atoms with van der Waals surface area (Å²) in [6, 6.07) is 2.99. The van der Waals surface area contributed by atoms with Gasteiger partial charge >= 0.3 is 12.2 Å². The molecule has 0 aliphatic carbocycles. The second kappa shape index (κ2) is 8.48. The Bertz CT molecular complexity index is 996. The van der Waals surface area contributed by atoms with Gasteiger partial charge in [0.05, 0.1) is 30.8 Å². The predicted octanol–water partition coefficient (Wildman–Crippen LogP) is 3.12. The van der Waals surface area contributed by atoms with E-state index in [-0.39, 0.29) is 24.4 Å². The van der Waals surface area contributed by atoms with Crippen molar-refractivity contribution >= 4 is 17.3 Å². The summed E-state index contributed by atoms with van der Waals surface area (Å²) in [5, 5.41) is 0. The minimum absolute atomic E-state index is 0.0114. The van der Waals surface area contributed by atoms with E-state index < -0.39 is 11.7 Å². The third-order valence-electron chi connectivity index (χ3n) is 6.23. The molecule has 1 atom stereocenters. The molecular weight excluding hydrogens is 423 g/mol. The Hall–Kier alpha value is -3.04. The van der Waals surface area contributed by atoms with Gasteiger partial charge < -0.3 is 19.4 Å². The van der Waals surface area contributed by atoms with Gasteiger partial charge in [-0.05, 0) is 36.6 Å². The molecule has 0 saturated carbocycles. The zero-order valence-corrected chi connectivity index (χ0v) is 18.3. The Balaban J connectivity index is 1.69. The number of aromatic nitrogens is 2. The monoisotopic (exact) mass is 449 g/mol. The molecule has 32 heavy (non-hydrogen) atoms. The Labute approximate surface area is 184 Å². The first-order chi connectivity index (χ1) is 15.2. The smallest absolute Gasteiger partial charge is 0.416 e. The number of fused-ring (bicyclic) bond motifs is 1. The van der Waals surface area contributed by atoms with Gasteiger partial charge in [0.15, 0.2) is 0 Å². The number of methoxy groups -OCH3 is 1. The molecule has 0 radical (unpaired) electrons. The first-order valence-electron chi connectivity index (χ1n) is 10.5. The Morgan fingerprint density at radius 3 is 2.41 bits per heavy atom. The van der Waals surface area contributed by atoms with Crippen molar-refractivity contribution in [2.75, 3.05) is 43.1 Å². The number of hydrogen-bond donors (Lipinski definition) is 0. The Morgan fingerprint density at radius 1 is 1.09 bits per heavy atom. The molecule has 4 rings (SSSR count). The van der Waals surface area contributed by atoms with Gasteiger partial charge in [-0.3, -0.25) is 4.79 Å². The van der Waals surface area contributed by atoms with Gasteiger partial charge in [-0.2, -0.15) is 13.2 Å². The molecule has 1 saturated heterocycles. The fourth-order valence-corrected chi connectivity index (χ4v) is 4.66. The second-order valence-corrected chi connectivity index (χ2v) is 8.19. The van der Waals surface area contributed by atoms with E-state index in [4.69, 9.17) is 4.74 Å². The van der Waals surface area contributed by atoms with E-state index in [2.05, 4.69) is 14.9 Å². The molecule has 0 bridgehead atoms. The van der Waals surface area contributed by atoms with Crippen LogP contribution in [0.4, 0.5) is 24.5 Å². The summed E-state index contributed by atoms with van der Waals surface area (Å²) in [6.45, 7) is 5.96. The second-order valence-electron chi connectivity index (χ2n) is 8.19. The molecule has 1 aromatic heterocycles. The molecule has 2 aliphatic heterocycles. The van der Waals surface area contributed by atoms with E-state index in [0.29, 0.717) is 43.9 Å². The molecule has 0 unspecified atom stereocenters. The maximum absolute atomic E-state index is 13.8. The lowest BCUT2D eigenvalue weighted by Crippen LogP contribution is -2.54. The highest BCUT2D eigenvalue weighted by Crippen LogP contribution is 2.40. The Kier molecular flexibility index (Phi) is 5.87. The normalized spacial score (nSPS) is 19.1. The number of benzene rings is 1. The van der Waals surface area contributed by atoms with Crippen LogP contribution in [-0.4, -0.2) is 60.1 Å². The molecule has 2 aliphatic rings. The number of alkyl halides is 3. The molecule has 172 valence electrons. The molecule has 7 nitrogen and oxygen atoms in total. The third kappa shape index (κ3) is 4.18. The average Bonchev–Trinajstić information content (AvgIpc) is 2.77. The molecule has 1 aromatic carbocycles. The summed E-state index contributed by atoms with van der Waals surface area (Å²) in [5.74, 6) is 0.0114. The first-order valence-corrected chi connectivity index (χ1v) is 10.5. The average molecular weight is 449 g/mol. The maximum Gasteiger partial charge on any atom is 0.416 e. The van der Waals surface area contributed by atoms with Crippen LogP contribution in [0.1, 0.15) is 30.5 Å². The summed E-state index contributed by atoms with van der Waals surface area (Å²) in [7, 11) is 1.48. The summed E-state index contributed by atoms with van der Waals surface area (Å²) < 4.78 is 46.2. The van der Waals surface area contributed by atoms with E-state index in [1.807, 2.05) is 11.8 Å². The van der Waals surface area contributed by atoms with E-state index in [1.54, 1.807) is 30.3 Å². The molecule has 0 N–H and O–H groups in total. The first kappa shape index (κ1) is 22.2. The third-order valence-corrected chi connectivity index (χ3v) is 6.23. The van der Waals surface area contributed by atoms with Crippen molar-refractivity contribution < 1.29 is 22.7 Å². The van der Waals surface area contributed by atoms with Gasteiger partial charge in [0, 0.05) is 51.4 Å². The van der Waals surface area contributed by atoms with Crippen molar-refractivity contribution in [3.05, 3.63) is 41.2 Å². The number of carbonyl (C=O) groups is 1. The molecule has 3 heterocycles.